The third kappa shape index (κ3) is 2.88. The van der Waals surface area contributed by atoms with Crippen molar-refractivity contribution in [3.63, 3.8) is 0 Å². The van der Waals surface area contributed by atoms with Crippen molar-refractivity contribution in [1.29, 1.82) is 0 Å². The van der Waals surface area contributed by atoms with Crippen molar-refractivity contribution in [3.8, 4) is 0 Å². The molecule has 84 valence electrons. The molecule has 0 amide bonds. The van der Waals surface area contributed by atoms with Gasteiger partial charge in [0, 0.05) is 4.47 Å². The first-order valence-corrected chi connectivity index (χ1v) is 6.07. The number of rotatable bonds is 3. The normalized spacial score (nSPS) is 12.7. The highest BCUT2D eigenvalue weighted by atomic mass is 79.9. The van der Waals surface area contributed by atoms with Crippen molar-refractivity contribution < 1.29 is 4.42 Å². The van der Waals surface area contributed by atoms with Gasteiger partial charge in [0.2, 0.25) is 0 Å². The van der Waals surface area contributed by atoms with Crippen LogP contribution in [-0.4, -0.2) is 0 Å². The summed E-state index contributed by atoms with van der Waals surface area (Å²) in [5.74, 6) is 0.716. The molecule has 2 nitrogen and oxygen atoms in total. The summed E-state index contributed by atoms with van der Waals surface area (Å²) in [6, 6.07) is 11.4. The largest absolute Gasteiger partial charge is 0.448 e. The van der Waals surface area contributed by atoms with E-state index in [4.69, 9.17) is 21.8 Å². The van der Waals surface area contributed by atoms with Crippen LogP contribution in [0.1, 0.15) is 17.4 Å². The van der Waals surface area contributed by atoms with Crippen LogP contribution in [0.2, 0.25) is 5.22 Å². The zero-order valence-electron chi connectivity index (χ0n) is 8.49. The highest BCUT2D eigenvalue weighted by molar-refractivity contribution is 9.10. The summed E-state index contributed by atoms with van der Waals surface area (Å²) in [5.41, 5.74) is 7.18. The molecule has 1 heterocycles. The molecule has 2 N–H and O–H groups in total. The quantitative estimate of drug-likeness (QED) is 0.932. The van der Waals surface area contributed by atoms with Crippen LogP contribution < -0.4 is 5.73 Å². The Morgan fingerprint density at radius 3 is 2.44 bits per heavy atom. The van der Waals surface area contributed by atoms with Gasteiger partial charge in [-0.25, -0.2) is 0 Å². The van der Waals surface area contributed by atoms with Gasteiger partial charge in [0.25, 0.3) is 0 Å². The maximum atomic E-state index is 6.01. The molecule has 2 aromatic rings. The smallest absolute Gasteiger partial charge is 0.193 e. The van der Waals surface area contributed by atoms with E-state index in [1.54, 1.807) is 6.07 Å². The lowest BCUT2D eigenvalue weighted by Crippen LogP contribution is -2.12. The molecule has 1 aromatic heterocycles. The topological polar surface area (TPSA) is 39.2 Å². The van der Waals surface area contributed by atoms with Gasteiger partial charge in [-0.2, -0.15) is 0 Å². The molecule has 0 saturated carbocycles. The van der Waals surface area contributed by atoms with Gasteiger partial charge < -0.3 is 10.2 Å². The second-order valence-electron chi connectivity index (χ2n) is 3.58. The molecular weight excluding hydrogens is 289 g/mol. The first kappa shape index (κ1) is 11.7. The molecule has 0 radical (unpaired) electrons. The average molecular weight is 301 g/mol. The Morgan fingerprint density at radius 2 is 1.88 bits per heavy atom. The number of hydrogen-bond donors (Lipinski definition) is 1. The predicted octanol–water partition coefficient (Wildman–Crippen LogP) is 3.94. The molecule has 0 aliphatic rings. The molecule has 1 unspecified atom stereocenters. The van der Waals surface area contributed by atoms with Crippen LogP contribution in [0.15, 0.2) is 45.3 Å². The van der Waals surface area contributed by atoms with Gasteiger partial charge in [-0.1, -0.05) is 28.1 Å². The summed E-state index contributed by atoms with van der Waals surface area (Å²) in [5, 5.41) is 0.376. The van der Waals surface area contributed by atoms with Crippen LogP contribution in [-0.2, 0) is 6.42 Å². The minimum absolute atomic E-state index is 0.159. The molecule has 0 saturated heterocycles. The molecule has 0 aliphatic heterocycles. The standard InChI is InChI=1S/C12H11BrClNO/c13-9-3-1-8(2-4-9)7-10(15)11-5-6-12(14)16-11/h1-6,10H,7,15H2. The van der Waals surface area contributed by atoms with Crippen LogP contribution in [0, 0.1) is 0 Å². The summed E-state index contributed by atoms with van der Waals surface area (Å²) >= 11 is 9.09. The summed E-state index contributed by atoms with van der Waals surface area (Å²) in [4.78, 5) is 0. The maximum Gasteiger partial charge on any atom is 0.193 e. The maximum absolute atomic E-state index is 6.01. The molecule has 0 spiro atoms. The molecule has 0 aliphatic carbocycles. The van der Waals surface area contributed by atoms with E-state index in [0.717, 1.165) is 10.9 Å². The number of furan rings is 1. The van der Waals surface area contributed by atoms with E-state index in [1.165, 1.54) is 5.56 Å². The Balaban J connectivity index is 2.07. The molecule has 0 bridgehead atoms. The molecule has 1 aromatic carbocycles. The Labute approximate surface area is 108 Å². The Hall–Kier alpha value is -0.770. The summed E-state index contributed by atoms with van der Waals surface area (Å²) in [6.45, 7) is 0. The van der Waals surface area contributed by atoms with E-state index >= 15 is 0 Å². The first-order valence-electron chi connectivity index (χ1n) is 4.90. The fourth-order valence-corrected chi connectivity index (χ4v) is 1.92. The van der Waals surface area contributed by atoms with E-state index in [-0.39, 0.29) is 6.04 Å². The second-order valence-corrected chi connectivity index (χ2v) is 4.87. The van der Waals surface area contributed by atoms with Gasteiger partial charge in [0.05, 0.1) is 6.04 Å². The number of benzene rings is 1. The Bertz CT molecular complexity index is 466. The first-order chi connectivity index (χ1) is 7.65. The van der Waals surface area contributed by atoms with Crippen LogP contribution in [0.5, 0.6) is 0 Å². The third-order valence-corrected chi connectivity index (χ3v) is 3.06. The van der Waals surface area contributed by atoms with Gasteiger partial charge in [-0.15, -0.1) is 0 Å². The minimum Gasteiger partial charge on any atom is -0.448 e. The van der Waals surface area contributed by atoms with Gasteiger partial charge >= 0.3 is 0 Å². The van der Waals surface area contributed by atoms with Crippen LogP contribution in [0.3, 0.4) is 0 Å². The molecule has 16 heavy (non-hydrogen) atoms. The van der Waals surface area contributed by atoms with Crippen LogP contribution in [0.25, 0.3) is 0 Å². The highest BCUT2D eigenvalue weighted by Crippen LogP contribution is 2.22. The van der Waals surface area contributed by atoms with Gasteiger partial charge in [0.15, 0.2) is 5.22 Å². The van der Waals surface area contributed by atoms with E-state index in [1.807, 2.05) is 30.3 Å². The average Bonchev–Trinajstić information content (AvgIpc) is 2.68. The summed E-state index contributed by atoms with van der Waals surface area (Å²) in [6.07, 6.45) is 0.733. The third-order valence-electron chi connectivity index (χ3n) is 2.33. The molecule has 0 fully saturated rings. The molecule has 2 rings (SSSR count). The zero-order chi connectivity index (χ0) is 11.5. The fraction of sp³-hybridized carbons (Fsp3) is 0.167. The van der Waals surface area contributed by atoms with Gasteiger partial charge in [-0.3, -0.25) is 0 Å². The highest BCUT2D eigenvalue weighted by Gasteiger charge is 2.11. The Kier molecular flexibility index (Phi) is 3.69. The second kappa shape index (κ2) is 5.04. The lowest BCUT2D eigenvalue weighted by Gasteiger charge is -2.08. The summed E-state index contributed by atoms with van der Waals surface area (Å²) < 4.78 is 6.33. The van der Waals surface area contributed by atoms with Crippen molar-refractivity contribution in [2.75, 3.05) is 0 Å². The van der Waals surface area contributed by atoms with Crippen molar-refractivity contribution >= 4 is 27.5 Å². The predicted molar refractivity (Wildman–Crippen MR) is 68.5 cm³/mol. The minimum atomic E-state index is -0.159. The lowest BCUT2D eigenvalue weighted by atomic mass is 10.1. The van der Waals surface area contributed by atoms with Gasteiger partial charge in [-0.05, 0) is 47.9 Å². The Morgan fingerprint density at radius 1 is 1.19 bits per heavy atom. The van der Waals surface area contributed by atoms with Gasteiger partial charge in [0.1, 0.15) is 5.76 Å². The molecule has 1 atom stereocenters. The van der Waals surface area contributed by atoms with E-state index < -0.39 is 0 Å². The van der Waals surface area contributed by atoms with Crippen molar-refractivity contribution in [3.05, 3.63) is 57.4 Å². The van der Waals surface area contributed by atoms with E-state index in [2.05, 4.69) is 15.9 Å². The molecule has 4 heteroatoms. The van der Waals surface area contributed by atoms with Crippen LogP contribution in [0.4, 0.5) is 0 Å². The molecular formula is C12H11BrClNO. The SMILES string of the molecule is NC(Cc1ccc(Br)cc1)c1ccc(Cl)o1. The fourth-order valence-electron chi connectivity index (χ4n) is 1.50. The number of hydrogen-bond acceptors (Lipinski definition) is 2. The monoisotopic (exact) mass is 299 g/mol. The van der Waals surface area contributed by atoms with Crippen molar-refractivity contribution in [2.24, 2.45) is 5.73 Å². The summed E-state index contributed by atoms with van der Waals surface area (Å²) in [7, 11) is 0. The van der Waals surface area contributed by atoms with Crippen molar-refractivity contribution in [2.45, 2.75) is 12.5 Å². The lowest BCUT2D eigenvalue weighted by molar-refractivity contribution is 0.466. The van der Waals surface area contributed by atoms with E-state index in [9.17, 15) is 0 Å². The number of halogens is 2. The zero-order valence-corrected chi connectivity index (χ0v) is 10.8. The van der Waals surface area contributed by atoms with Crippen LogP contribution >= 0.6 is 27.5 Å². The number of nitrogens with two attached hydrogens (primary N) is 1. The van der Waals surface area contributed by atoms with Crippen molar-refractivity contribution in [1.82, 2.24) is 0 Å². The van der Waals surface area contributed by atoms with E-state index in [0.29, 0.717) is 11.0 Å².